The minimum atomic E-state index is 0.231. The maximum absolute atomic E-state index is 12.6. The zero-order valence-corrected chi connectivity index (χ0v) is 16.1. The monoisotopic (exact) mass is 374 g/mol. The summed E-state index contributed by atoms with van der Waals surface area (Å²) in [6, 6.07) is 20.6. The smallest absolute Gasteiger partial charge is 0.224 e. The molecule has 1 aliphatic heterocycles. The summed E-state index contributed by atoms with van der Waals surface area (Å²) in [5, 5.41) is 0. The van der Waals surface area contributed by atoms with E-state index in [4.69, 9.17) is 0 Å². The van der Waals surface area contributed by atoms with Crippen LogP contribution in [-0.4, -0.2) is 51.4 Å². The number of aryl methyl sites for hydroxylation is 1. The molecule has 3 aromatic rings. The first-order valence-electron chi connectivity index (χ1n) is 9.89. The lowest BCUT2D eigenvalue weighted by molar-refractivity contribution is -0.133. The van der Waals surface area contributed by atoms with E-state index in [1.54, 1.807) is 0 Å². The number of hydrogen-bond acceptors (Lipinski definition) is 3. The molecule has 5 nitrogen and oxygen atoms in total. The molecule has 0 radical (unpaired) electrons. The summed E-state index contributed by atoms with van der Waals surface area (Å²) in [6.07, 6.45) is 4.34. The lowest BCUT2D eigenvalue weighted by Gasteiger charge is -2.34. The van der Waals surface area contributed by atoms with Gasteiger partial charge in [-0.2, -0.15) is 0 Å². The zero-order valence-electron chi connectivity index (χ0n) is 16.1. The molecule has 1 aromatic heterocycles. The van der Waals surface area contributed by atoms with Crippen molar-refractivity contribution in [1.82, 2.24) is 19.4 Å². The van der Waals surface area contributed by atoms with Gasteiger partial charge in [0.1, 0.15) is 0 Å². The van der Waals surface area contributed by atoms with Crippen LogP contribution in [0.5, 0.6) is 0 Å². The number of imidazole rings is 1. The van der Waals surface area contributed by atoms with Crippen molar-refractivity contribution in [3.8, 4) is 11.3 Å². The van der Waals surface area contributed by atoms with Crippen LogP contribution in [0.15, 0.2) is 73.2 Å². The van der Waals surface area contributed by atoms with Gasteiger partial charge in [-0.1, -0.05) is 60.7 Å². The predicted molar refractivity (Wildman–Crippen MR) is 111 cm³/mol. The topological polar surface area (TPSA) is 41.4 Å². The van der Waals surface area contributed by atoms with Gasteiger partial charge < -0.3 is 9.47 Å². The van der Waals surface area contributed by atoms with Crippen molar-refractivity contribution >= 4 is 5.91 Å². The first-order chi connectivity index (χ1) is 13.8. The molecule has 1 fully saturated rings. The van der Waals surface area contributed by atoms with Crippen LogP contribution in [0.2, 0.25) is 0 Å². The lowest BCUT2D eigenvalue weighted by atomic mass is 10.2. The third kappa shape index (κ3) is 4.67. The molecule has 0 aliphatic carbocycles. The Bertz CT molecular complexity index is 883. The van der Waals surface area contributed by atoms with Crippen LogP contribution in [0.1, 0.15) is 12.0 Å². The molecule has 1 aliphatic rings. The molecule has 28 heavy (non-hydrogen) atoms. The molecular weight excluding hydrogens is 348 g/mol. The second-order valence-electron chi connectivity index (χ2n) is 7.26. The average Bonchev–Trinajstić information content (AvgIpc) is 3.23. The van der Waals surface area contributed by atoms with Crippen LogP contribution in [0.4, 0.5) is 0 Å². The standard InChI is InChI=1S/C23H26N4O/c28-23(11-12-26-18-22(24-19-26)21-9-5-2-6-10-21)27-15-13-25(14-16-27)17-20-7-3-1-4-8-20/h1-10,18-19H,11-17H2. The molecule has 1 amide bonds. The van der Waals surface area contributed by atoms with Crippen LogP contribution in [0.3, 0.4) is 0 Å². The largest absolute Gasteiger partial charge is 0.340 e. The normalized spacial score (nSPS) is 14.9. The van der Waals surface area contributed by atoms with Gasteiger partial charge in [0, 0.05) is 57.4 Å². The van der Waals surface area contributed by atoms with E-state index in [1.807, 2.05) is 58.4 Å². The van der Waals surface area contributed by atoms with E-state index in [9.17, 15) is 4.79 Å². The molecule has 144 valence electrons. The van der Waals surface area contributed by atoms with Gasteiger partial charge in [-0.25, -0.2) is 4.98 Å². The van der Waals surface area contributed by atoms with Gasteiger partial charge in [0.2, 0.25) is 5.91 Å². The van der Waals surface area contributed by atoms with E-state index >= 15 is 0 Å². The van der Waals surface area contributed by atoms with Gasteiger partial charge in [0.05, 0.1) is 12.0 Å². The SMILES string of the molecule is O=C(CCn1cnc(-c2ccccc2)c1)N1CCN(Cc2ccccc2)CC1. The predicted octanol–water partition coefficient (Wildman–Crippen LogP) is 3.28. The van der Waals surface area contributed by atoms with Crippen LogP contribution < -0.4 is 0 Å². The number of amides is 1. The zero-order chi connectivity index (χ0) is 19.2. The summed E-state index contributed by atoms with van der Waals surface area (Å²) in [7, 11) is 0. The number of aromatic nitrogens is 2. The van der Waals surface area contributed by atoms with E-state index in [1.165, 1.54) is 5.56 Å². The Morgan fingerprint density at radius 1 is 0.893 bits per heavy atom. The van der Waals surface area contributed by atoms with Crippen LogP contribution >= 0.6 is 0 Å². The first-order valence-corrected chi connectivity index (χ1v) is 9.89. The molecule has 0 atom stereocenters. The Balaban J connectivity index is 1.23. The third-order valence-corrected chi connectivity index (χ3v) is 5.26. The fourth-order valence-electron chi connectivity index (χ4n) is 3.62. The quantitative estimate of drug-likeness (QED) is 0.665. The summed E-state index contributed by atoms with van der Waals surface area (Å²) in [5.74, 6) is 0.231. The molecule has 0 unspecified atom stereocenters. The average molecular weight is 374 g/mol. The van der Waals surface area contributed by atoms with Crippen molar-refractivity contribution in [2.24, 2.45) is 0 Å². The number of carbonyl (C=O) groups is 1. The van der Waals surface area contributed by atoms with E-state index in [-0.39, 0.29) is 5.91 Å². The van der Waals surface area contributed by atoms with Crippen molar-refractivity contribution in [1.29, 1.82) is 0 Å². The van der Waals surface area contributed by atoms with E-state index in [0.29, 0.717) is 13.0 Å². The number of rotatable bonds is 6. The maximum Gasteiger partial charge on any atom is 0.224 e. The third-order valence-electron chi connectivity index (χ3n) is 5.26. The summed E-state index contributed by atoms with van der Waals surface area (Å²) < 4.78 is 2.01. The highest BCUT2D eigenvalue weighted by Crippen LogP contribution is 2.16. The van der Waals surface area contributed by atoms with Crippen LogP contribution in [-0.2, 0) is 17.9 Å². The summed E-state index contributed by atoms with van der Waals surface area (Å²) >= 11 is 0. The Morgan fingerprint density at radius 2 is 1.57 bits per heavy atom. The van der Waals surface area contributed by atoms with Gasteiger partial charge in [0.25, 0.3) is 0 Å². The van der Waals surface area contributed by atoms with Gasteiger partial charge in [-0.3, -0.25) is 9.69 Å². The molecular formula is C23H26N4O. The molecule has 0 spiro atoms. The highest BCUT2D eigenvalue weighted by molar-refractivity contribution is 5.76. The van der Waals surface area contributed by atoms with Gasteiger partial charge in [0.15, 0.2) is 0 Å². The number of nitrogens with zero attached hydrogens (tertiary/aromatic N) is 4. The molecule has 4 rings (SSSR count). The Hall–Kier alpha value is -2.92. The molecule has 5 heteroatoms. The van der Waals surface area contributed by atoms with Crippen molar-refractivity contribution in [3.63, 3.8) is 0 Å². The van der Waals surface area contributed by atoms with Gasteiger partial charge in [-0.15, -0.1) is 0 Å². The minimum absolute atomic E-state index is 0.231. The number of hydrogen-bond donors (Lipinski definition) is 0. The van der Waals surface area contributed by atoms with E-state index in [0.717, 1.165) is 44.0 Å². The maximum atomic E-state index is 12.6. The molecule has 2 aromatic carbocycles. The second kappa shape index (κ2) is 8.85. The summed E-state index contributed by atoms with van der Waals surface area (Å²) in [4.78, 5) is 21.5. The first kappa shape index (κ1) is 18.4. The van der Waals surface area contributed by atoms with Crippen molar-refractivity contribution in [2.75, 3.05) is 26.2 Å². The van der Waals surface area contributed by atoms with E-state index < -0.39 is 0 Å². The summed E-state index contributed by atoms with van der Waals surface area (Å²) in [6.45, 7) is 5.12. The fraction of sp³-hybridized carbons (Fsp3) is 0.304. The molecule has 0 saturated carbocycles. The van der Waals surface area contributed by atoms with Crippen LogP contribution in [0.25, 0.3) is 11.3 Å². The molecule has 0 N–H and O–H groups in total. The molecule has 1 saturated heterocycles. The Morgan fingerprint density at radius 3 is 2.29 bits per heavy atom. The number of benzene rings is 2. The number of carbonyl (C=O) groups excluding carboxylic acids is 1. The Labute approximate surface area is 166 Å². The van der Waals surface area contributed by atoms with Gasteiger partial charge in [-0.05, 0) is 5.56 Å². The highest BCUT2D eigenvalue weighted by atomic mass is 16.2. The second-order valence-corrected chi connectivity index (χ2v) is 7.26. The Kier molecular flexibility index (Phi) is 5.83. The lowest BCUT2D eigenvalue weighted by Crippen LogP contribution is -2.48. The van der Waals surface area contributed by atoms with Crippen molar-refractivity contribution in [2.45, 2.75) is 19.5 Å². The fourth-order valence-corrected chi connectivity index (χ4v) is 3.62. The summed E-state index contributed by atoms with van der Waals surface area (Å²) in [5.41, 5.74) is 3.38. The minimum Gasteiger partial charge on any atom is -0.340 e. The van der Waals surface area contributed by atoms with Crippen molar-refractivity contribution < 1.29 is 4.79 Å². The van der Waals surface area contributed by atoms with Crippen molar-refractivity contribution in [3.05, 3.63) is 78.8 Å². The van der Waals surface area contributed by atoms with Gasteiger partial charge >= 0.3 is 0 Å². The van der Waals surface area contributed by atoms with Crippen LogP contribution in [0, 0.1) is 0 Å². The van der Waals surface area contributed by atoms with E-state index in [2.05, 4.69) is 34.1 Å². The number of piperazine rings is 1. The molecule has 0 bridgehead atoms. The highest BCUT2D eigenvalue weighted by Gasteiger charge is 2.20. The molecule has 2 heterocycles.